The maximum absolute atomic E-state index is 5.71. The van der Waals surface area contributed by atoms with E-state index in [1.54, 1.807) is 0 Å². The van der Waals surface area contributed by atoms with E-state index in [0.717, 1.165) is 26.7 Å². The van der Waals surface area contributed by atoms with Crippen LogP contribution in [0.25, 0.3) is 6.08 Å². The molecule has 1 aromatic rings. The standard InChI is InChI=1S/C12H13Br2ClO/c1-2-6-16-12-9(4-3-5-15)7-10(13)8-11(12)14/h3-4,7-8H,2,5-6H2,1H3. The van der Waals surface area contributed by atoms with E-state index in [2.05, 4.69) is 38.8 Å². The Morgan fingerprint density at radius 1 is 1.38 bits per heavy atom. The van der Waals surface area contributed by atoms with Crippen molar-refractivity contribution in [2.75, 3.05) is 12.5 Å². The number of allylic oxidation sites excluding steroid dienone is 1. The van der Waals surface area contributed by atoms with E-state index in [1.165, 1.54) is 0 Å². The number of ether oxygens (including phenoxy) is 1. The highest BCUT2D eigenvalue weighted by molar-refractivity contribution is 9.11. The highest BCUT2D eigenvalue weighted by Crippen LogP contribution is 2.33. The van der Waals surface area contributed by atoms with Gasteiger partial charge in [-0.05, 0) is 34.5 Å². The van der Waals surface area contributed by atoms with Gasteiger partial charge < -0.3 is 4.74 Å². The van der Waals surface area contributed by atoms with Crippen molar-refractivity contribution >= 4 is 49.5 Å². The highest BCUT2D eigenvalue weighted by Gasteiger charge is 2.07. The second-order valence-electron chi connectivity index (χ2n) is 3.21. The van der Waals surface area contributed by atoms with Crippen molar-refractivity contribution in [1.29, 1.82) is 0 Å². The summed E-state index contributed by atoms with van der Waals surface area (Å²) in [6, 6.07) is 3.99. The van der Waals surface area contributed by atoms with Crippen LogP contribution in [0.2, 0.25) is 0 Å². The molecule has 4 heteroatoms. The smallest absolute Gasteiger partial charge is 0.140 e. The lowest BCUT2D eigenvalue weighted by Crippen LogP contribution is -1.98. The van der Waals surface area contributed by atoms with Gasteiger partial charge in [0, 0.05) is 15.9 Å². The minimum Gasteiger partial charge on any atom is -0.492 e. The van der Waals surface area contributed by atoms with Gasteiger partial charge >= 0.3 is 0 Å². The van der Waals surface area contributed by atoms with E-state index in [1.807, 2.05) is 24.3 Å². The molecular formula is C12H13Br2ClO. The van der Waals surface area contributed by atoms with Gasteiger partial charge in [-0.25, -0.2) is 0 Å². The first-order chi connectivity index (χ1) is 7.69. The molecule has 1 aromatic carbocycles. The number of alkyl halides is 1. The lowest BCUT2D eigenvalue weighted by Gasteiger charge is -2.11. The van der Waals surface area contributed by atoms with Crippen LogP contribution in [0.3, 0.4) is 0 Å². The van der Waals surface area contributed by atoms with Crippen LogP contribution < -0.4 is 4.74 Å². The molecule has 0 heterocycles. The highest BCUT2D eigenvalue weighted by atomic mass is 79.9. The number of hydrogen-bond donors (Lipinski definition) is 0. The zero-order valence-electron chi connectivity index (χ0n) is 8.97. The average molecular weight is 368 g/mol. The Morgan fingerprint density at radius 3 is 2.75 bits per heavy atom. The molecule has 0 bridgehead atoms. The Labute approximate surface area is 118 Å². The predicted octanol–water partition coefficient (Wildman–Crippen LogP) is 5.25. The van der Waals surface area contributed by atoms with Crippen molar-refractivity contribution in [3.8, 4) is 5.75 Å². The first-order valence-corrected chi connectivity index (χ1v) is 7.15. The molecule has 0 fully saturated rings. The van der Waals surface area contributed by atoms with E-state index in [-0.39, 0.29) is 0 Å². The fourth-order valence-corrected chi connectivity index (χ4v) is 2.69. The van der Waals surface area contributed by atoms with Gasteiger partial charge in [0.05, 0.1) is 11.1 Å². The van der Waals surface area contributed by atoms with Gasteiger partial charge in [-0.2, -0.15) is 0 Å². The summed E-state index contributed by atoms with van der Waals surface area (Å²) in [6.07, 6.45) is 4.85. The number of hydrogen-bond acceptors (Lipinski definition) is 1. The molecule has 0 radical (unpaired) electrons. The lowest BCUT2D eigenvalue weighted by atomic mass is 10.2. The molecule has 0 unspecified atom stereocenters. The zero-order valence-corrected chi connectivity index (χ0v) is 12.9. The van der Waals surface area contributed by atoms with Crippen LogP contribution in [0.5, 0.6) is 5.75 Å². The summed E-state index contributed by atoms with van der Waals surface area (Å²) in [6.45, 7) is 2.79. The molecule has 1 nitrogen and oxygen atoms in total. The molecule has 16 heavy (non-hydrogen) atoms. The molecule has 0 saturated heterocycles. The Morgan fingerprint density at radius 2 is 2.12 bits per heavy atom. The average Bonchev–Trinajstić information content (AvgIpc) is 2.24. The maximum Gasteiger partial charge on any atom is 0.140 e. The molecule has 0 N–H and O–H groups in total. The van der Waals surface area contributed by atoms with Gasteiger partial charge in [0.2, 0.25) is 0 Å². The molecule has 1 rings (SSSR count). The minimum atomic E-state index is 0.497. The summed E-state index contributed by atoms with van der Waals surface area (Å²) >= 11 is 12.6. The molecule has 88 valence electrons. The van der Waals surface area contributed by atoms with Gasteiger partial charge in [-0.15, -0.1) is 11.6 Å². The Bertz CT molecular complexity index is 378. The lowest BCUT2D eigenvalue weighted by molar-refractivity contribution is 0.315. The van der Waals surface area contributed by atoms with Crippen LogP contribution in [-0.4, -0.2) is 12.5 Å². The molecule has 0 aliphatic carbocycles. The molecule has 0 saturated carbocycles. The molecule has 0 atom stereocenters. The van der Waals surface area contributed by atoms with Crippen LogP contribution in [0.4, 0.5) is 0 Å². The first kappa shape index (κ1) is 14.1. The summed E-state index contributed by atoms with van der Waals surface area (Å²) in [5.74, 6) is 1.36. The fourth-order valence-electron chi connectivity index (χ4n) is 1.23. The molecule has 0 aliphatic heterocycles. The zero-order chi connectivity index (χ0) is 12.0. The third kappa shape index (κ3) is 4.11. The third-order valence-electron chi connectivity index (χ3n) is 1.87. The molecule has 0 amide bonds. The molecular weight excluding hydrogens is 355 g/mol. The number of benzene rings is 1. The van der Waals surface area contributed by atoms with Crippen LogP contribution in [0, 0.1) is 0 Å². The van der Waals surface area contributed by atoms with Crippen molar-refractivity contribution in [2.45, 2.75) is 13.3 Å². The minimum absolute atomic E-state index is 0.497. The molecule has 0 aromatic heterocycles. The van der Waals surface area contributed by atoms with Crippen molar-refractivity contribution in [3.05, 3.63) is 32.7 Å². The quantitative estimate of drug-likeness (QED) is 0.645. The van der Waals surface area contributed by atoms with E-state index < -0.39 is 0 Å². The summed E-state index contributed by atoms with van der Waals surface area (Å²) in [7, 11) is 0. The van der Waals surface area contributed by atoms with Crippen molar-refractivity contribution in [2.24, 2.45) is 0 Å². The summed E-state index contributed by atoms with van der Waals surface area (Å²) < 4.78 is 7.67. The first-order valence-electron chi connectivity index (χ1n) is 5.03. The van der Waals surface area contributed by atoms with Crippen molar-refractivity contribution < 1.29 is 4.74 Å². The van der Waals surface area contributed by atoms with Gasteiger partial charge in [0.25, 0.3) is 0 Å². The normalized spacial score (nSPS) is 11.0. The number of rotatable bonds is 5. The third-order valence-corrected chi connectivity index (χ3v) is 3.10. The summed E-state index contributed by atoms with van der Waals surface area (Å²) in [5.41, 5.74) is 1.02. The monoisotopic (exact) mass is 366 g/mol. The predicted molar refractivity (Wildman–Crippen MR) is 77.4 cm³/mol. The maximum atomic E-state index is 5.71. The molecule has 0 aliphatic rings. The van der Waals surface area contributed by atoms with Gasteiger partial charge in [-0.1, -0.05) is 35.0 Å². The fraction of sp³-hybridized carbons (Fsp3) is 0.333. The van der Waals surface area contributed by atoms with Gasteiger partial charge in [0.1, 0.15) is 5.75 Å². The van der Waals surface area contributed by atoms with E-state index in [9.17, 15) is 0 Å². The van der Waals surface area contributed by atoms with Crippen LogP contribution in [-0.2, 0) is 0 Å². The summed E-state index contributed by atoms with van der Waals surface area (Å²) in [5, 5.41) is 0. The van der Waals surface area contributed by atoms with Crippen LogP contribution in [0.15, 0.2) is 27.2 Å². The second-order valence-corrected chi connectivity index (χ2v) is 5.29. The SMILES string of the molecule is CCCOc1c(Br)cc(Br)cc1C=CCCl. The van der Waals surface area contributed by atoms with Crippen LogP contribution >= 0.6 is 43.5 Å². The summed E-state index contributed by atoms with van der Waals surface area (Å²) in [4.78, 5) is 0. The van der Waals surface area contributed by atoms with Gasteiger partial charge in [-0.3, -0.25) is 0 Å². The van der Waals surface area contributed by atoms with Crippen molar-refractivity contribution in [1.82, 2.24) is 0 Å². The largest absolute Gasteiger partial charge is 0.492 e. The number of halogens is 3. The Kier molecular flexibility index (Phi) is 6.47. The topological polar surface area (TPSA) is 9.23 Å². The van der Waals surface area contributed by atoms with E-state index in [4.69, 9.17) is 16.3 Å². The van der Waals surface area contributed by atoms with Gasteiger partial charge in [0.15, 0.2) is 0 Å². The van der Waals surface area contributed by atoms with Crippen LogP contribution in [0.1, 0.15) is 18.9 Å². The van der Waals surface area contributed by atoms with E-state index in [0.29, 0.717) is 12.5 Å². The second kappa shape index (κ2) is 7.36. The Hall–Kier alpha value is 0.01000. The van der Waals surface area contributed by atoms with Crippen molar-refractivity contribution in [3.63, 3.8) is 0 Å². The molecule has 0 spiro atoms. The Balaban J connectivity index is 3.05. The van der Waals surface area contributed by atoms with E-state index >= 15 is 0 Å².